The summed E-state index contributed by atoms with van der Waals surface area (Å²) in [5.41, 5.74) is 1.28. The first kappa shape index (κ1) is 21.5. The van der Waals surface area contributed by atoms with Crippen molar-refractivity contribution in [2.45, 2.75) is 51.0 Å². The fourth-order valence-corrected chi connectivity index (χ4v) is 4.65. The number of hydrogen-bond acceptors (Lipinski definition) is 8. The minimum Gasteiger partial charge on any atom is -0.461 e. The molecular weight excluding hydrogens is 428 g/mol. The van der Waals surface area contributed by atoms with Crippen LogP contribution in [0.4, 0.5) is 4.79 Å². The van der Waals surface area contributed by atoms with Gasteiger partial charge in [-0.1, -0.05) is 30.3 Å². The first-order chi connectivity index (χ1) is 15.8. The number of aryl methyl sites for hydroxylation is 1. The largest absolute Gasteiger partial charge is 0.509 e. The zero-order chi connectivity index (χ0) is 23.3. The molecule has 2 fully saturated rings. The van der Waals surface area contributed by atoms with Crippen LogP contribution in [0.3, 0.4) is 0 Å². The lowest BCUT2D eigenvalue weighted by Crippen LogP contribution is -2.62. The van der Waals surface area contributed by atoms with E-state index in [0.717, 1.165) is 16.5 Å². The second-order valence-electron chi connectivity index (χ2n) is 8.69. The van der Waals surface area contributed by atoms with Crippen LogP contribution in [0.5, 0.6) is 5.75 Å². The van der Waals surface area contributed by atoms with Gasteiger partial charge in [-0.2, -0.15) is 0 Å². The van der Waals surface area contributed by atoms with E-state index in [0.29, 0.717) is 16.9 Å². The summed E-state index contributed by atoms with van der Waals surface area (Å²) in [5, 5.41) is 0.790. The molecule has 4 unspecified atom stereocenters. The molecule has 4 atom stereocenters. The fourth-order valence-electron chi connectivity index (χ4n) is 4.65. The normalized spacial score (nSPS) is 25.9. The molecule has 3 heterocycles. The highest BCUT2D eigenvalue weighted by Gasteiger charge is 2.58. The molecule has 0 amide bonds. The third-order valence-corrected chi connectivity index (χ3v) is 6.17. The van der Waals surface area contributed by atoms with Crippen LogP contribution in [0, 0.1) is 6.92 Å². The van der Waals surface area contributed by atoms with E-state index in [1.54, 1.807) is 12.1 Å². The molecule has 8 nitrogen and oxygen atoms in total. The minimum absolute atomic E-state index is 0.385. The average molecular weight is 452 g/mol. The van der Waals surface area contributed by atoms with Gasteiger partial charge in [0.25, 0.3) is 0 Å². The Hall–Kier alpha value is -3.36. The minimum atomic E-state index is -0.934. The van der Waals surface area contributed by atoms with Crippen LogP contribution < -0.4 is 10.4 Å². The molecule has 0 aliphatic carbocycles. The van der Waals surface area contributed by atoms with Gasteiger partial charge >= 0.3 is 11.8 Å². The Morgan fingerprint density at radius 1 is 0.970 bits per heavy atom. The van der Waals surface area contributed by atoms with Crippen molar-refractivity contribution in [2.24, 2.45) is 0 Å². The van der Waals surface area contributed by atoms with Crippen LogP contribution in [0.25, 0.3) is 22.1 Å². The second-order valence-corrected chi connectivity index (χ2v) is 8.69. The van der Waals surface area contributed by atoms with E-state index in [1.807, 2.05) is 57.2 Å². The summed E-state index contributed by atoms with van der Waals surface area (Å²) in [4.78, 5) is 24.6. The van der Waals surface area contributed by atoms with E-state index in [2.05, 4.69) is 0 Å². The van der Waals surface area contributed by atoms with Crippen molar-refractivity contribution in [3.63, 3.8) is 0 Å². The van der Waals surface area contributed by atoms with Gasteiger partial charge in [0.15, 0.2) is 6.10 Å². The molecule has 0 bridgehead atoms. The first-order valence-electron chi connectivity index (χ1n) is 10.7. The Balaban J connectivity index is 1.49. The Morgan fingerprint density at radius 3 is 2.42 bits per heavy atom. The van der Waals surface area contributed by atoms with Crippen molar-refractivity contribution in [1.82, 2.24) is 0 Å². The number of carbonyl (C=O) groups is 1. The first-order valence-corrected chi connectivity index (χ1v) is 10.7. The molecule has 0 saturated carbocycles. The molecule has 2 aliphatic rings. The molecular formula is C25H24O8. The molecule has 2 aliphatic heterocycles. The van der Waals surface area contributed by atoms with Crippen molar-refractivity contribution in [1.29, 1.82) is 0 Å². The molecule has 0 N–H and O–H groups in total. The third kappa shape index (κ3) is 3.65. The van der Waals surface area contributed by atoms with Crippen molar-refractivity contribution in [3.05, 3.63) is 64.5 Å². The van der Waals surface area contributed by atoms with Gasteiger partial charge in [0.05, 0.1) is 11.2 Å². The quantitative estimate of drug-likeness (QED) is 0.430. The van der Waals surface area contributed by atoms with Crippen LogP contribution in [0.2, 0.25) is 0 Å². The van der Waals surface area contributed by atoms with Crippen molar-refractivity contribution >= 4 is 17.1 Å². The second kappa shape index (κ2) is 7.90. The summed E-state index contributed by atoms with van der Waals surface area (Å²) in [5.74, 6) is 0.399. The van der Waals surface area contributed by atoms with Crippen LogP contribution >= 0.6 is 0 Å². The smallest absolute Gasteiger partial charge is 0.461 e. The molecule has 0 spiro atoms. The average Bonchev–Trinajstić information content (AvgIpc) is 3.15. The summed E-state index contributed by atoms with van der Waals surface area (Å²) < 4.78 is 33.9. The summed E-state index contributed by atoms with van der Waals surface area (Å²) >= 11 is 0. The van der Waals surface area contributed by atoms with Crippen molar-refractivity contribution in [3.8, 4) is 16.9 Å². The molecule has 8 heteroatoms. The summed E-state index contributed by atoms with van der Waals surface area (Å²) in [6.45, 7) is 5.54. The number of benzene rings is 2. The van der Waals surface area contributed by atoms with Crippen molar-refractivity contribution < 1.29 is 32.9 Å². The summed E-state index contributed by atoms with van der Waals surface area (Å²) in [6, 6.07) is 14.6. The SMILES string of the molecule is COC1C2OC(=O)OC2C(Oc2ccc3c(C)c(-c4ccccc4)c(=O)oc3c2)OC1(C)C. The number of carbonyl (C=O) groups excluding carboxylic acids is 1. The van der Waals surface area contributed by atoms with Gasteiger partial charge in [-0.3, -0.25) is 0 Å². The van der Waals surface area contributed by atoms with E-state index in [9.17, 15) is 9.59 Å². The van der Waals surface area contributed by atoms with E-state index >= 15 is 0 Å². The summed E-state index contributed by atoms with van der Waals surface area (Å²) in [6.07, 6.45) is -3.74. The monoisotopic (exact) mass is 452 g/mol. The topological polar surface area (TPSA) is 93.4 Å². The van der Waals surface area contributed by atoms with E-state index in [-0.39, 0.29) is 0 Å². The number of ether oxygens (including phenoxy) is 5. The maximum absolute atomic E-state index is 12.8. The molecule has 3 aromatic rings. The number of fused-ring (bicyclic) bond motifs is 2. The molecule has 5 rings (SSSR count). The van der Waals surface area contributed by atoms with Crippen LogP contribution in [0.1, 0.15) is 19.4 Å². The Labute approximate surface area is 190 Å². The number of methoxy groups -OCH3 is 1. The maximum atomic E-state index is 12.8. The maximum Gasteiger partial charge on any atom is 0.509 e. The molecule has 33 heavy (non-hydrogen) atoms. The third-order valence-electron chi connectivity index (χ3n) is 6.17. The zero-order valence-corrected chi connectivity index (χ0v) is 18.7. The van der Waals surface area contributed by atoms with E-state index in [4.69, 9.17) is 28.1 Å². The van der Waals surface area contributed by atoms with Crippen LogP contribution in [-0.4, -0.2) is 43.5 Å². The molecule has 2 aromatic carbocycles. The highest BCUT2D eigenvalue weighted by molar-refractivity contribution is 5.87. The standard InChI is InChI=1S/C25H24O8/c1-13-16-11-10-15(12-17(16)30-22(26)18(13)14-8-6-5-7-9-14)29-23-20-19(31-24(27)32-20)21(28-4)25(2,3)33-23/h5-12,19-21,23H,1-4H3. The Kier molecular flexibility index (Phi) is 5.14. The lowest BCUT2D eigenvalue weighted by atomic mass is 9.89. The molecule has 2 saturated heterocycles. The lowest BCUT2D eigenvalue weighted by molar-refractivity contribution is -0.282. The van der Waals surface area contributed by atoms with Crippen LogP contribution in [0.15, 0.2) is 57.7 Å². The van der Waals surface area contributed by atoms with Crippen LogP contribution in [-0.2, 0) is 18.9 Å². The van der Waals surface area contributed by atoms with Gasteiger partial charge in [0.1, 0.15) is 17.4 Å². The molecule has 1 aromatic heterocycles. The van der Waals surface area contributed by atoms with Crippen molar-refractivity contribution in [2.75, 3.05) is 7.11 Å². The zero-order valence-electron chi connectivity index (χ0n) is 18.7. The van der Waals surface area contributed by atoms with Gasteiger partial charge in [0, 0.05) is 18.6 Å². The van der Waals surface area contributed by atoms with Gasteiger partial charge in [-0.05, 0) is 44.0 Å². The van der Waals surface area contributed by atoms with E-state index < -0.39 is 42.0 Å². The lowest BCUT2D eigenvalue weighted by Gasteiger charge is -2.45. The Morgan fingerprint density at radius 2 is 1.70 bits per heavy atom. The molecule has 172 valence electrons. The van der Waals surface area contributed by atoms with Gasteiger partial charge < -0.3 is 28.1 Å². The van der Waals surface area contributed by atoms with E-state index in [1.165, 1.54) is 7.11 Å². The number of hydrogen-bond donors (Lipinski definition) is 0. The number of rotatable bonds is 4. The van der Waals surface area contributed by atoms with Gasteiger partial charge in [-0.15, -0.1) is 0 Å². The molecule has 0 radical (unpaired) electrons. The Bertz CT molecular complexity index is 1260. The predicted molar refractivity (Wildman–Crippen MR) is 118 cm³/mol. The summed E-state index contributed by atoms with van der Waals surface area (Å²) in [7, 11) is 1.53. The van der Waals surface area contributed by atoms with Gasteiger partial charge in [-0.25, -0.2) is 9.59 Å². The highest BCUT2D eigenvalue weighted by atomic mass is 16.8. The fraction of sp³-hybridized carbons (Fsp3) is 0.360. The van der Waals surface area contributed by atoms with Gasteiger partial charge in [0.2, 0.25) is 12.4 Å². The predicted octanol–water partition coefficient (Wildman–Crippen LogP) is 4.20. The highest BCUT2D eigenvalue weighted by Crippen LogP contribution is 2.39.